The molecule has 1 fully saturated rings. The Hall–Kier alpha value is -2.46. The number of hydrogen-bond donors (Lipinski definition) is 2. The highest BCUT2D eigenvalue weighted by atomic mass is 35.5. The second-order valence-electron chi connectivity index (χ2n) is 7.94. The minimum Gasteiger partial charge on any atom is -0.404 e. The van der Waals surface area contributed by atoms with Gasteiger partial charge in [0.15, 0.2) is 0 Å². The molecule has 7 nitrogen and oxygen atoms in total. The summed E-state index contributed by atoms with van der Waals surface area (Å²) < 4.78 is 40.9. The summed E-state index contributed by atoms with van der Waals surface area (Å²) in [5, 5.41) is 6.01. The van der Waals surface area contributed by atoms with Gasteiger partial charge >= 0.3 is 6.36 Å². The smallest absolute Gasteiger partial charge is 0.404 e. The van der Waals surface area contributed by atoms with Gasteiger partial charge in [-0.1, -0.05) is 11.6 Å². The molecule has 0 saturated heterocycles. The molecule has 0 aliphatic heterocycles. The van der Waals surface area contributed by atoms with Crippen molar-refractivity contribution < 1.29 is 22.7 Å². The zero-order valence-corrected chi connectivity index (χ0v) is 19.9. The van der Waals surface area contributed by atoms with Gasteiger partial charge in [-0.05, 0) is 50.8 Å². The number of aryl methyl sites for hydroxylation is 1. The quantitative estimate of drug-likeness (QED) is 0.574. The maximum atomic E-state index is 12.5. The van der Waals surface area contributed by atoms with E-state index in [2.05, 4.69) is 25.3 Å². The first-order chi connectivity index (χ1) is 15.0. The van der Waals surface area contributed by atoms with Crippen LogP contribution in [-0.2, 0) is 0 Å². The molecule has 1 aliphatic carbocycles. The predicted molar refractivity (Wildman–Crippen MR) is 124 cm³/mol. The van der Waals surface area contributed by atoms with Crippen LogP contribution in [0.5, 0.6) is 5.75 Å². The van der Waals surface area contributed by atoms with Crippen molar-refractivity contribution in [2.24, 2.45) is 0 Å². The number of rotatable bonds is 6. The maximum absolute atomic E-state index is 12.5. The number of carbonyl (C=O) groups is 1. The molecule has 12 heteroatoms. The van der Waals surface area contributed by atoms with E-state index in [1.807, 2.05) is 32.0 Å². The summed E-state index contributed by atoms with van der Waals surface area (Å²) in [6, 6.07) is 5.52. The SMILES string of the molecule is Cc1cc(N(C)C)nc(N[C@H]2CC[C@@H](NC(=O)c3ccc(OC(F)(F)F)c(Cl)c3)CC2)n1.Cl. The molecule has 1 aromatic carbocycles. The van der Waals surface area contributed by atoms with Crippen LogP contribution < -0.4 is 20.3 Å². The third-order valence-electron chi connectivity index (χ3n) is 5.11. The third kappa shape index (κ3) is 7.82. The lowest BCUT2D eigenvalue weighted by Crippen LogP contribution is -2.40. The molecule has 1 amide bonds. The Bertz CT molecular complexity index is 967. The molecule has 0 atom stereocenters. The van der Waals surface area contributed by atoms with Crippen LogP contribution in [0, 0.1) is 6.92 Å². The van der Waals surface area contributed by atoms with Gasteiger partial charge in [-0.15, -0.1) is 25.6 Å². The molecule has 33 heavy (non-hydrogen) atoms. The number of nitrogens with one attached hydrogen (secondary N) is 2. The molecule has 2 N–H and O–H groups in total. The van der Waals surface area contributed by atoms with Crippen molar-refractivity contribution in [1.29, 1.82) is 0 Å². The van der Waals surface area contributed by atoms with Crippen molar-refractivity contribution in [2.75, 3.05) is 24.3 Å². The Balaban J connectivity index is 0.00000385. The molecule has 0 unspecified atom stereocenters. The first-order valence-corrected chi connectivity index (χ1v) is 10.5. The minimum atomic E-state index is -4.85. The highest BCUT2D eigenvalue weighted by molar-refractivity contribution is 6.32. The third-order valence-corrected chi connectivity index (χ3v) is 5.41. The molecule has 1 saturated carbocycles. The number of nitrogens with zero attached hydrogens (tertiary/aromatic N) is 3. The first-order valence-electron chi connectivity index (χ1n) is 10.2. The van der Waals surface area contributed by atoms with Crippen LogP contribution >= 0.6 is 24.0 Å². The van der Waals surface area contributed by atoms with Crippen LogP contribution in [0.15, 0.2) is 24.3 Å². The lowest BCUT2D eigenvalue weighted by atomic mass is 9.91. The fraction of sp³-hybridized carbons (Fsp3) is 0.476. The number of carbonyl (C=O) groups excluding carboxylic acids is 1. The van der Waals surface area contributed by atoms with Crippen LogP contribution in [0.4, 0.5) is 24.9 Å². The second kappa shape index (κ2) is 11.1. The number of amides is 1. The molecule has 1 aliphatic rings. The summed E-state index contributed by atoms with van der Waals surface area (Å²) in [7, 11) is 3.84. The monoisotopic (exact) mass is 507 g/mol. The lowest BCUT2D eigenvalue weighted by Gasteiger charge is -2.30. The lowest BCUT2D eigenvalue weighted by molar-refractivity contribution is -0.274. The number of anilines is 2. The van der Waals surface area contributed by atoms with Gasteiger partial charge in [-0.2, -0.15) is 4.98 Å². The van der Waals surface area contributed by atoms with Gasteiger partial charge in [0, 0.05) is 43.5 Å². The molecule has 1 heterocycles. The molecule has 182 valence electrons. The Morgan fingerprint density at radius 1 is 1.12 bits per heavy atom. The average molecular weight is 508 g/mol. The molecule has 0 spiro atoms. The molecule has 1 aromatic heterocycles. The molecule has 0 bridgehead atoms. The maximum Gasteiger partial charge on any atom is 0.573 e. The second-order valence-corrected chi connectivity index (χ2v) is 8.35. The van der Waals surface area contributed by atoms with Gasteiger partial charge in [0.05, 0.1) is 5.02 Å². The van der Waals surface area contributed by atoms with Gasteiger partial charge < -0.3 is 20.3 Å². The fourth-order valence-corrected chi connectivity index (χ4v) is 3.75. The number of benzene rings is 1. The summed E-state index contributed by atoms with van der Waals surface area (Å²) in [5.41, 5.74) is 1.05. The van der Waals surface area contributed by atoms with Crippen LogP contribution in [0.1, 0.15) is 41.7 Å². The molecule has 3 rings (SSSR count). The Kier molecular flexibility index (Phi) is 9.02. The van der Waals surface area contributed by atoms with Gasteiger partial charge in [0.2, 0.25) is 5.95 Å². The minimum absolute atomic E-state index is 0. The topological polar surface area (TPSA) is 79.4 Å². The number of hydrogen-bond acceptors (Lipinski definition) is 6. The van der Waals surface area contributed by atoms with Crippen molar-refractivity contribution in [3.63, 3.8) is 0 Å². The normalized spacial score (nSPS) is 18.2. The van der Waals surface area contributed by atoms with E-state index in [0.29, 0.717) is 5.95 Å². The van der Waals surface area contributed by atoms with Crippen LogP contribution in [0.2, 0.25) is 5.02 Å². The molecule has 2 aromatic rings. The van der Waals surface area contributed by atoms with Crippen molar-refractivity contribution in [2.45, 2.75) is 51.1 Å². The van der Waals surface area contributed by atoms with Crippen molar-refractivity contribution >= 4 is 41.7 Å². The largest absolute Gasteiger partial charge is 0.573 e. The predicted octanol–water partition coefficient (Wildman–Crippen LogP) is 4.98. The number of halogens is 5. The van der Waals surface area contributed by atoms with E-state index >= 15 is 0 Å². The van der Waals surface area contributed by atoms with Crippen LogP contribution in [0.3, 0.4) is 0 Å². The van der Waals surface area contributed by atoms with E-state index < -0.39 is 12.1 Å². The highest BCUT2D eigenvalue weighted by Gasteiger charge is 2.32. The summed E-state index contributed by atoms with van der Waals surface area (Å²) in [6.07, 6.45) is -1.72. The summed E-state index contributed by atoms with van der Waals surface area (Å²) in [5.74, 6) is 0.473. The van der Waals surface area contributed by atoms with Crippen molar-refractivity contribution in [3.8, 4) is 5.75 Å². The number of ether oxygens (including phenoxy) is 1. The van der Waals surface area contributed by atoms with Crippen molar-refractivity contribution in [1.82, 2.24) is 15.3 Å². The van der Waals surface area contributed by atoms with E-state index in [0.717, 1.165) is 43.3 Å². The zero-order chi connectivity index (χ0) is 23.5. The Morgan fingerprint density at radius 2 is 1.76 bits per heavy atom. The standard InChI is InChI=1S/C21H25ClF3N5O2.ClH/c1-12-10-18(30(2)3)29-20(26-12)28-15-7-5-14(6-8-15)27-19(31)13-4-9-17(16(22)11-13)32-21(23,24)25;/h4,9-11,14-15H,5-8H2,1-3H3,(H,27,31)(H,26,28,29);1H/t14-,15+;. The van der Waals surface area contributed by atoms with Gasteiger partial charge in [0.1, 0.15) is 11.6 Å². The van der Waals surface area contributed by atoms with E-state index in [-0.39, 0.29) is 41.0 Å². The van der Waals surface area contributed by atoms with E-state index in [4.69, 9.17) is 11.6 Å². The molecular weight excluding hydrogens is 482 g/mol. The first kappa shape index (κ1) is 26.8. The average Bonchev–Trinajstić information content (AvgIpc) is 2.69. The van der Waals surface area contributed by atoms with E-state index in [9.17, 15) is 18.0 Å². The van der Waals surface area contributed by atoms with Crippen LogP contribution in [-0.4, -0.2) is 48.4 Å². The highest BCUT2D eigenvalue weighted by Crippen LogP contribution is 2.31. The molecular formula is C21H26Cl2F3N5O2. The van der Waals surface area contributed by atoms with Gasteiger partial charge in [-0.3, -0.25) is 4.79 Å². The fourth-order valence-electron chi connectivity index (χ4n) is 3.53. The van der Waals surface area contributed by atoms with E-state index in [1.165, 1.54) is 12.1 Å². The van der Waals surface area contributed by atoms with Gasteiger partial charge in [-0.25, -0.2) is 4.98 Å². The number of alkyl halides is 3. The van der Waals surface area contributed by atoms with Gasteiger partial charge in [0.25, 0.3) is 5.91 Å². The number of aromatic nitrogens is 2. The Labute approximate surface area is 201 Å². The summed E-state index contributed by atoms with van der Waals surface area (Å²) in [6.45, 7) is 1.92. The summed E-state index contributed by atoms with van der Waals surface area (Å²) in [4.78, 5) is 23.4. The zero-order valence-electron chi connectivity index (χ0n) is 18.4. The van der Waals surface area contributed by atoms with Crippen molar-refractivity contribution in [3.05, 3.63) is 40.5 Å². The summed E-state index contributed by atoms with van der Waals surface area (Å²) >= 11 is 5.83. The Morgan fingerprint density at radius 3 is 2.33 bits per heavy atom. The van der Waals surface area contributed by atoms with Crippen LogP contribution in [0.25, 0.3) is 0 Å². The molecule has 0 radical (unpaired) electrons. The van der Waals surface area contributed by atoms with E-state index in [1.54, 1.807) is 0 Å².